The number of likely N-dealkylation sites (tertiary alicyclic amines) is 1. The third-order valence-electron chi connectivity index (χ3n) is 8.77. The molecule has 0 unspecified atom stereocenters. The molecule has 0 saturated carbocycles. The number of imidazole rings is 1. The number of piperazine rings is 1. The average molecular weight is 520 g/mol. The number of phenolic OH excluding ortho intramolecular Hbond substituents is 1. The van der Waals surface area contributed by atoms with E-state index in [1.54, 1.807) is 6.07 Å². The van der Waals surface area contributed by atoms with Crippen LogP contribution >= 0.6 is 0 Å². The van der Waals surface area contributed by atoms with E-state index in [1.165, 1.54) is 17.0 Å². The van der Waals surface area contributed by atoms with Crippen molar-refractivity contribution in [3.63, 3.8) is 0 Å². The molecule has 2 N–H and O–H groups in total. The number of benzene rings is 1. The highest BCUT2D eigenvalue weighted by Crippen LogP contribution is 2.39. The van der Waals surface area contributed by atoms with Crippen molar-refractivity contribution in [2.45, 2.75) is 64.2 Å². The number of nitrogens with one attached hydrogen (secondary N) is 1. The van der Waals surface area contributed by atoms with Gasteiger partial charge >= 0.3 is 0 Å². The minimum absolute atomic E-state index is 0.0511. The number of hydrogen-bond acceptors (Lipinski definition) is 7. The molecule has 2 aliphatic rings. The summed E-state index contributed by atoms with van der Waals surface area (Å²) in [5, 5.41) is 13.6. The van der Waals surface area contributed by atoms with Crippen LogP contribution in [0.1, 0.15) is 62.5 Å². The zero-order chi connectivity index (χ0) is 26.7. The fraction of sp³-hybridized carbons (Fsp3) is 0.600. The lowest BCUT2D eigenvalue weighted by atomic mass is 9.79. The van der Waals surface area contributed by atoms with Crippen LogP contribution in [0.25, 0.3) is 11.2 Å². The minimum Gasteiger partial charge on any atom is -0.508 e. The molecule has 38 heavy (non-hydrogen) atoms. The zero-order valence-electron chi connectivity index (χ0n) is 23.7. The van der Waals surface area contributed by atoms with Gasteiger partial charge in [-0.2, -0.15) is 0 Å². The van der Waals surface area contributed by atoms with Crippen LogP contribution in [-0.2, 0) is 18.6 Å². The Morgan fingerprint density at radius 2 is 1.84 bits per heavy atom. The van der Waals surface area contributed by atoms with Crippen LogP contribution in [0.3, 0.4) is 0 Å². The summed E-state index contributed by atoms with van der Waals surface area (Å²) in [6.07, 6.45) is 6.37. The maximum absolute atomic E-state index is 10.1. The Morgan fingerprint density at radius 3 is 2.50 bits per heavy atom. The number of fused-ring (bicyclic) bond motifs is 1. The topological polar surface area (TPSA) is 72.7 Å². The summed E-state index contributed by atoms with van der Waals surface area (Å²) < 4.78 is 2.34. The Morgan fingerprint density at radius 1 is 1.08 bits per heavy atom. The molecule has 8 heteroatoms. The number of rotatable bonds is 9. The van der Waals surface area contributed by atoms with Crippen molar-refractivity contribution in [3.05, 3.63) is 53.5 Å². The number of pyridine rings is 1. The first-order valence-corrected chi connectivity index (χ1v) is 14.4. The summed E-state index contributed by atoms with van der Waals surface area (Å²) in [4.78, 5) is 17.6. The molecule has 3 aromatic rings. The minimum atomic E-state index is -0.0511. The zero-order valence-corrected chi connectivity index (χ0v) is 23.7. The highest BCUT2D eigenvalue weighted by atomic mass is 16.3. The van der Waals surface area contributed by atoms with Crippen molar-refractivity contribution in [3.8, 4) is 5.75 Å². The van der Waals surface area contributed by atoms with Gasteiger partial charge in [0.05, 0.1) is 6.04 Å². The number of aryl methyl sites for hydroxylation is 1. The summed E-state index contributed by atoms with van der Waals surface area (Å²) in [7, 11) is 4.32. The molecule has 2 aromatic heterocycles. The van der Waals surface area contributed by atoms with Crippen molar-refractivity contribution < 1.29 is 5.11 Å². The summed E-state index contributed by atoms with van der Waals surface area (Å²) in [5.74, 6) is 1.52. The molecule has 0 radical (unpaired) electrons. The quantitative estimate of drug-likeness (QED) is 0.443. The first-order valence-electron chi connectivity index (χ1n) is 14.4. The van der Waals surface area contributed by atoms with Gasteiger partial charge in [0.15, 0.2) is 5.65 Å². The number of piperidine rings is 1. The molecular formula is C30H45N7O. The molecule has 4 heterocycles. The Hall–Kier alpha value is -2.52. The maximum atomic E-state index is 10.1. The van der Waals surface area contributed by atoms with Gasteiger partial charge in [0.25, 0.3) is 0 Å². The lowest BCUT2D eigenvalue weighted by Crippen LogP contribution is -2.50. The third-order valence-corrected chi connectivity index (χ3v) is 8.77. The van der Waals surface area contributed by atoms with E-state index in [4.69, 9.17) is 9.97 Å². The summed E-state index contributed by atoms with van der Waals surface area (Å²) >= 11 is 0. The van der Waals surface area contributed by atoms with Crippen LogP contribution in [0.2, 0.25) is 0 Å². The predicted octanol–water partition coefficient (Wildman–Crippen LogP) is 3.96. The van der Waals surface area contributed by atoms with Gasteiger partial charge in [-0.15, -0.1) is 0 Å². The highest BCUT2D eigenvalue weighted by molar-refractivity contribution is 5.72. The molecule has 0 bridgehead atoms. The molecule has 1 aromatic carbocycles. The van der Waals surface area contributed by atoms with Crippen LogP contribution < -0.4 is 5.32 Å². The number of nitrogens with zero attached hydrogens (tertiary/aromatic N) is 6. The van der Waals surface area contributed by atoms with Crippen LogP contribution in [0.5, 0.6) is 5.75 Å². The molecule has 8 nitrogen and oxygen atoms in total. The van der Waals surface area contributed by atoms with E-state index in [9.17, 15) is 5.11 Å². The monoisotopic (exact) mass is 519 g/mol. The van der Waals surface area contributed by atoms with Crippen LogP contribution in [0.15, 0.2) is 36.5 Å². The lowest BCUT2D eigenvalue weighted by molar-refractivity contribution is 0.0505. The Labute approximate surface area is 227 Å². The summed E-state index contributed by atoms with van der Waals surface area (Å²) in [6, 6.07) is 10.4. The van der Waals surface area contributed by atoms with E-state index in [1.807, 2.05) is 12.1 Å². The SMILES string of the molecule is CCC[C@@H](c1nc2cc(CN3CCC(c4cccc(O)c4)(N(C)C)CC3)cnc2n1CC)N1CCNCC1. The first kappa shape index (κ1) is 27.1. The summed E-state index contributed by atoms with van der Waals surface area (Å²) in [6.45, 7) is 12.5. The first-order chi connectivity index (χ1) is 18.4. The molecule has 0 spiro atoms. The van der Waals surface area contributed by atoms with Crippen molar-refractivity contribution in [2.24, 2.45) is 0 Å². The fourth-order valence-corrected chi connectivity index (χ4v) is 6.59. The molecule has 206 valence electrons. The average Bonchev–Trinajstić information content (AvgIpc) is 3.30. The van der Waals surface area contributed by atoms with E-state index in [-0.39, 0.29) is 5.54 Å². The second kappa shape index (κ2) is 11.7. The van der Waals surface area contributed by atoms with E-state index in [2.05, 4.69) is 70.9 Å². The second-order valence-electron chi connectivity index (χ2n) is 11.2. The standard InChI is InChI=1S/C30H45N7O/c1-5-8-27(36-17-13-31-14-18-36)29-33-26-19-23(21-32-28(26)37(29)6-2)22-35-15-11-30(12-16-35,34(3)4)24-9-7-10-25(38)20-24/h7,9-10,19-21,27,31,38H,5-6,8,11-18,22H2,1-4H3/t27-/m0/s1. The molecule has 2 fully saturated rings. The van der Waals surface area contributed by atoms with Gasteiger partial charge in [-0.3, -0.25) is 14.7 Å². The smallest absolute Gasteiger partial charge is 0.160 e. The molecule has 0 aliphatic carbocycles. The van der Waals surface area contributed by atoms with Crippen LogP contribution in [-0.4, -0.2) is 87.7 Å². The van der Waals surface area contributed by atoms with Gasteiger partial charge in [0, 0.05) is 64.1 Å². The van der Waals surface area contributed by atoms with Crippen molar-refractivity contribution in [1.82, 2.24) is 34.6 Å². The molecule has 1 atom stereocenters. The highest BCUT2D eigenvalue weighted by Gasteiger charge is 2.38. The van der Waals surface area contributed by atoms with Crippen molar-refractivity contribution in [2.75, 3.05) is 53.4 Å². The molecular weight excluding hydrogens is 474 g/mol. The summed E-state index contributed by atoms with van der Waals surface area (Å²) in [5.41, 5.74) is 4.42. The van der Waals surface area contributed by atoms with Gasteiger partial charge in [-0.1, -0.05) is 25.5 Å². The largest absolute Gasteiger partial charge is 0.508 e. The molecule has 0 amide bonds. The third kappa shape index (κ3) is 5.32. The van der Waals surface area contributed by atoms with E-state index in [0.29, 0.717) is 11.8 Å². The van der Waals surface area contributed by atoms with Gasteiger partial charge in [-0.25, -0.2) is 9.97 Å². The van der Waals surface area contributed by atoms with Gasteiger partial charge in [-0.05, 0) is 69.6 Å². The molecule has 2 saturated heterocycles. The number of aromatic hydroxyl groups is 1. The fourth-order valence-electron chi connectivity index (χ4n) is 6.59. The molecule has 5 rings (SSSR count). The van der Waals surface area contributed by atoms with E-state index in [0.717, 1.165) is 89.2 Å². The Balaban J connectivity index is 1.34. The van der Waals surface area contributed by atoms with E-state index >= 15 is 0 Å². The Bertz CT molecular complexity index is 1210. The van der Waals surface area contributed by atoms with Crippen LogP contribution in [0.4, 0.5) is 0 Å². The van der Waals surface area contributed by atoms with Crippen molar-refractivity contribution >= 4 is 11.2 Å². The number of hydrogen-bond donors (Lipinski definition) is 2. The van der Waals surface area contributed by atoms with E-state index < -0.39 is 0 Å². The van der Waals surface area contributed by atoms with Gasteiger partial charge in [0.2, 0.25) is 0 Å². The predicted molar refractivity (Wildman–Crippen MR) is 153 cm³/mol. The maximum Gasteiger partial charge on any atom is 0.160 e. The van der Waals surface area contributed by atoms with Gasteiger partial charge in [0.1, 0.15) is 17.1 Å². The van der Waals surface area contributed by atoms with Gasteiger partial charge < -0.3 is 15.0 Å². The second-order valence-corrected chi connectivity index (χ2v) is 11.2. The number of phenols is 1. The Kier molecular flexibility index (Phi) is 8.33. The van der Waals surface area contributed by atoms with Crippen LogP contribution in [0, 0.1) is 0 Å². The normalized spacial score (nSPS) is 19.8. The molecule has 2 aliphatic heterocycles. The lowest BCUT2D eigenvalue weighted by Gasteiger charge is -2.46. The number of aromatic nitrogens is 3. The van der Waals surface area contributed by atoms with Crippen molar-refractivity contribution in [1.29, 1.82) is 0 Å².